The van der Waals surface area contributed by atoms with E-state index in [1.165, 1.54) is 0 Å². The van der Waals surface area contributed by atoms with Gasteiger partial charge in [0, 0.05) is 4.47 Å². The van der Waals surface area contributed by atoms with Crippen molar-refractivity contribution >= 4 is 73.2 Å². The van der Waals surface area contributed by atoms with E-state index in [1.807, 2.05) is 54.6 Å². The summed E-state index contributed by atoms with van der Waals surface area (Å²) in [5, 5.41) is 4.11. The van der Waals surface area contributed by atoms with Crippen LogP contribution in [0, 0.1) is 7.14 Å². The Balaban J connectivity index is 1.33. The van der Waals surface area contributed by atoms with Gasteiger partial charge in [0.25, 0.3) is 0 Å². The lowest BCUT2D eigenvalue weighted by Crippen LogP contribution is -2.20. The second-order valence-corrected chi connectivity index (χ2v) is 10.4. The Morgan fingerprint density at radius 1 is 1.00 bits per heavy atom. The summed E-state index contributed by atoms with van der Waals surface area (Å²) in [5.74, 6) is 2.00. The molecule has 0 atom stereocenters. The molecule has 0 saturated heterocycles. The number of carbonyl (C=O) groups is 1. The fraction of sp³-hybridized carbons (Fsp3) is 0.167. The van der Waals surface area contributed by atoms with Crippen LogP contribution in [0.15, 0.2) is 64.2 Å². The van der Waals surface area contributed by atoms with E-state index in [2.05, 4.69) is 71.6 Å². The number of fused-ring (bicyclic) bond motifs is 1. The number of hydrazone groups is 1. The average Bonchev–Trinajstić information content (AvgIpc) is 2.79. The van der Waals surface area contributed by atoms with Gasteiger partial charge in [-0.3, -0.25) is 4.79 Å². The van der Waals surface area contributed by atoms with Gasteiger partial charge in [0.05, 0.1) is 19.8 Å². The molecule has 0 unspecified atom stereocenters. The van der Waals surface area contributed by atoms with Gasteiger partial charge in [0.2, 0.25) is 5.91 Å². The van der Waals surface area contributed by atoms with Crippen molar-refractivity contribution < 1.29 is 19.0 Å². The maximum absolute atomic E-state index is 12.3. The number of hydrogen-bond donors (Lipinski definition) is 1. The van der Waals surface area contributed by atoms with Gasteiger partial charge in [0.15, 0.2) is 11.5 Å². The van der Waals surface area contributed by atoms with Crippen molar-refractivity contribution in [2.45, 2.75) is 13.0 Å². The molecular weight excluding hydrogens is 714 g/mol. The Morgan fingerprint density at radius 2 is 1.67 bits per heavy atom. The van der Waals surface area contributed by atoms with Gasteiger partial charge in [0.1, 0.15) is 25.6 Å². The van der Waals surface area contributed by atoms with Crippen molar-refractivity contribution in [3.8, 4) is 17.2 Å². The molecule has 0 bridgehead atoms. The zero-order chi connectivity index (χ0) is 23.2. The average molecular weight is 733 g/mol. The Bertz CT molecular complexity index is 1160. The molecule has 9 heteroatoms. The Kier molecular flexibility index (Phi) is 8.47. The molecule has 1 amide bonds. The van der Waals surface area contributed by atoms with E-state index in [0.717, 1.165) is 34.1 Å². The summed E-state index contributed by atoms with van der Waals surface area (Å²) in [5.41, 5.74) is 5.39. The first-order valence-corrected chi connectivity index (χ1v) is 13.0. The summed E-state index contributed by atoms with van der Waals surface area (Å²) < 4.78 is 20.1. The quantitative estimate of drug-likeness (QED) is 0.192. The molecule has 0 aromatic heterocycles. The van der Waals surface area contributed by atoms with Crippen molar-refractivity contribution in [1.82, 2.24) is 5.43 Å². The molecular formula is C24H19BrI2N2O4. The smallest absolute Gasteiger partial charge is 0.244 e. The Hall–Kier alpha value is -1.86. The van der Waals surface area contributed by atoms with Crippen molar-refractivity contribution in [2.75, 3.05) is 13.2 Å². The van der Waals surface area contributed by atoms with Crippen molar-refractivity contribution in [3.05, 3.63) is 82.9 Å². The maximum Gasteiger partial charge on any atom is 0.244 e. The molecule has 1 aliphatic heterocycles. The fourth-order valence-corrected chi connectivity index (χ4v) is 5.52. The SMILES string of the molecule is O=C(Cc1ccc2c(c1)OCCO2)N/N=C/c1cc(I)c(OCc2ccc(Br)cc2)c(I)c1. The van der Waals surface area contributed by atoms with E-state index < -0.39 is 0 Å². The van der Waals surface area contributed by atoms with E-state index in [0.29, 0.717) is 31.3 Å². The van der Waals surface area contributed by atoms with Gasteiger partial charge in [-0.2, -0.15) is 5.10 Å². The van der Waals surface area contributed by atoms with Gasteiger partial charge in [-0.25, -0.2) is 5.43 Å². The molecule has 1 aliphatic rings. The number of halogens is 3. The molecule has 6 nitrogen and oxygen atoms in total. The number of amides is 1. The fourth-order valence-electron chi connectivity index (χ4n) is 3.13. The van der Waals surface area contributed by atoms with Gasteiger partial charge < -0.3 is 14.2 Å². The van der Waals surface area contributed by atoms with Gasteiger partial charge in [-0.05, 0) is 98.3 Å². The van der Waals surface area contributed by atoms with Gasteiger partial charge >= 0.3 is 0 Å². The summed E-state index contributed by atoms with van der Waals surface area (Å²) in [4.78, 5) is 12.3. The number of ether oxygens (including phenoxy) is 3. The van der Waals surface area contributed by atoms with Crippen molar-refractivity contribution in [1.29, 1.82) is 0 Å². The molecule has 1 heterocycles. The van der Waals surface area contributed by atoms with Gasteiger partial charge in [-0.1, -0.05) is 34.1 Å². The summed E-state index contributed by atoms with van der Waals surface area (Å²) in [6.45, 7) is 1.54. The van der Waals surface area contributed by atoms with Gasteiger partial charge in [-0.15, -0.1) is 0 Å². The van der Waals surface area contributed by atoms with Crippen LogP contribution < -0.4 is 19.6 Å². The van der Waals surface area contributed by atoms with E-state index in [-0.39, 0.29) is 12.3 Å². The van der Waals surface area contributed by atoms with E-state index in [4.69, 9.17) is 14.2 Å². The third-order valence-corrected chi connectivity index (χ3v) is 6.82. The Morgan fingerprint density at radius 3 is 2.39 bits per heavy atom. The summed E-state index contributed by atoms with van der Waals surface area (Å²) in [6, 6.07) is 17.5. The number of hydrogen-bond acceptors (Lipinski definition) is 5. The minimum absolute atomic E-state index is 0.200. The largest absolute Gasteiger partial charge is 0.487 e. The lowest BCUT2D eigenvalue weighted by molar-refractivity contribution is -0.120. The Labute approximate surface area is 227 Å². The first-order chi connectivity index (χ1) is 16.0. The molecule has 170 valence electrons. The van der Waals surface area contributed by atoms with Crippen LogP contribution in [0.3, 0.4) is 0 Å². The monoisotopic (exact) mass is 732 g/mol. The first-order valence-electron chi connectivity index (χ1n) is 10.0. The molecule has 33 heavy (non-hydrogen) atoms. The minimum atomic E-state index is -0.207. The molecule has 0 aliphatic carbocycles. The minimum Gasteiger partial charge on any atom is -0.487 e. The van der Waals surface area contributed by atoms with Crippen LogP contribution in [0.4, 0.5) is 0 Å². The summed E-state index contributed by atoms with van der Waals surface area (Å²) in [7, 11) is 0. The predicted octanol–water partition coefficient (Wildman–Crippen LogP) is 5.70. The molecule has 0 saturated carbocycles. The molecule has 3 aromatic rings. The molecule has 0 fully saturated rings. The standard InChI is InChI=1S/C24H19BrI2N2O4/c25-18-4-1-15(2-5-18)14-33-24-19(26)9-17(10-20(24)27)13-28-29-23(30)12-16-3-6-21-22(11-16)32-8-7-31-21/h1-6,9-11,13H,7-8,12,14H2,(H,29,30)/b28-13+. The third-order valence-electron chi connectivity index (χ3n) is 4.69. The normalized spacial score (nSPS) is 12.6. The van der Waals surface area contributed by atoms with Crippen LogP contribution in [-0.4, -0.2) is 25.3 Å². The number of benzene rings is 3. The number of carbonyl (C=O) groups excluding carboxylic acids is 1. The molecule has 4 rings (SSSR count). The van der Waals surface area contributed by atoms with Crippen LogP contribution in [0.5, 0.6) is 17.2 Å². The second-order valence-electron chi connectivity index (χ2n) is 7.18. The zero-order valence-electron chi connectivity index (χ0n) is 17.3. The summed E-state index contributed by atoms with van der Waals surface area (Å²) >= 11 is 7.94. The van der Waals surface area contributed by atoms with Crippen molar-refractivity contribution in [2.24, 2.45) is 5.10 Å². The highest BCUT2D eigenvalue weighted by Gasteiger charge is 2.13. The van der Waals surface area contributed by atoms with Crippen LogP contribution in [-0.2, 0) is 17.8 Å². The second kappa shape index (κ2) is 11.5. The van der Waals surface area contributed by atoms with Crippen molar-refractivity contribution in [3.63, 3.8) is 0 Å². The molecule has 1 N–H and O–H groups in total. The molecule has 3 aromatic carbocycles. The topological polar surface area (TPSA) is 69.2 Å². The van der Waals surface area contributed by atoms with E-state index in [1.54, 1.807) is 6.21 Å². The van der Waals surface area contributed by atoms with Crippen LogP contribution in [0.2, 0.25) is 0 Å². The zero-order valence-corrected chi connectivity index (χ0v) is 23.2. The van der Waals surface area contributed by atoms with Crippen LogP contribution >= 0.6 is 61.1 Å². The highest BCUT2D eigenvalue weighted by Crippen LogP contribution is 2.31. The van der Waals surface area contributed by atoms with E-state index >= 15 is 0 Å². The van der Waals surface area contributed by atoms with Crippen LogP contribution in [0.1, 0.15) is 16.7 Å². The number of rotatable bonds is 7. The highest BCUT2D eigenvalue weighted by molar-refractivity contribution is 14.1. The third kappa shape index (κ3) is 6.82. The lowest BCUT2D eigenvalue weighted by atomic mass is 10.1. The molecule has 0 radical (unpaired) electrons. The molecule has 0 spiro atoms. The number of nitrogens with one attached hydrogen (secondary N) is 1. The predicted molar refractivity (Wildman–Crippen MR) is 147 cm³/mol. The van der Waals surface area contributed by atoms with Crippen LogP contribution in [0.25, 0.3) is 0 Å². The first kappa shape index (κ1) is 24.3. The lowest BCUT2D eigenvalue weighted by Gasteiger charge is -2.18. The number of nitrogens with zero attached hydrogens (tertiary/aromatic N) is 1. The highest BCUT2D eigenvalue weighted by atomic mass is 127. The van der Waals surface area contributed by atoms with E-state index in [9.17, 15) is 4.79 Å². The maximum atomic E-state index is 12.3. The summed E-state index contributed by atoms with van der Waals surface area (Å²) in [6.07, 6.45) is 1.83.